The fraction of sp³-hybridized carbons (Fsp3) is 0.364. The number of aliphatic hydroxyl groups is 1. The lowest BCUT2D eigenvalue weighted by Gasteiger charge is -2.18. The molecule has 8 heteroatoms. The van der Waals surface area contributed by atoms with Gasteiger partial charge in [0, 0.05) is 53.0 Å². The maximum Gasteiger partial charge on any atom is 0.210 e. The Labute approximate surface area is 180 Å². The van der Waals surface area contributed by atoms with E-state index in [4.69, 9.17) is 4.52 Å². The van der Waals surface area contributed by atoms with Crippen molar-refractivity contribution in [2.24, 2.45) is 0 Å². The first-order valence-corrected chi connectivity index (χ1v) is 13.3. The van der Waals surface area contributed by atoms with Gasteiger partial charge in [0.25, 0.3) is 0 Å². The van der Waals surface area contributed by atoms with Crippen LogP contribution in [0.15, 0.2) is 47.5 Å². The average Bonchev–Trinajstić information content (AvgIpc) is 3.32. The summed E-state index contributed by atoms with van der Waals surface area (Å²) in [4.78, 5) is 6.17. The third-order valence-electron chi connectivity index (χ3n) is 5.30. The van der Waals surface area contributed by atoms with E-state index >= 15 is 0 Å². The van der Waals surface area contributed by atoms with Crippen LogP contribution < -0.4 is 4.90 Å². The first-order chi connectivity index (χ1) is 14.4. The summed E-state index contributed by atoms with van der Waals surface area (Å²) in [6.45, 7) is 5.35. The van der Waals surface area contributed by atoms with E-state index in [0.717, 1.165) is 34.5 Å². The molecule has 3 aromatic rings. The monoisotopic (exact) mass is 448 g/mol. The Morgan fingerprint density at radius 3 is 2.77 bits per heavy atom. The van der Waals surface area contributed by atoms with Gasteiger partial charge < -0.3 is 19.5 Å². The number of aromatic nitrogens is 1. The minimum absolute atomic E-state index is 0.282. The number of β-amino-alcohol motifs (C(OH)–C–C–N with tert-alkyl or cyclic N) is 1. The normalized spacial score (nSPS) is 18.8. The predicted molar refractivity (Wildman–Crippen MR) is 122 cm³/mol. The number of hydrogen-bond acceptors (Lipinski definition) is 5. The number of benzene rings is 2. The lowest BCUT2D eigenvalue weighted by Crippen LogP contribution is -2.20. The Kier molecular flexibility index (Phi) is 6.26. The summed E-state index contributed by atoms with van der Waals surface area (Å²) in [7, 11) is -2.66. The van der Waals surface area contributed by atoms with Crippen molar-refractivity contribution in [3.63, 3.8) is 0 Å². The molecule has 1 aliphatic rings. The van der Waals surface area contributed by atoms with E-state index in [-0.39, 0.29) is 11.9 Å². The number of fused-ring (bicyclic) bond motifs is 1. The number of aliphatic hydroxyl groups excluding tert-OH is 1. The Morgan fingerprint density at radius 1 is 1.33 bits per heavy atom. The lowest BCUT2D eigenvalue weighted by molar-refractivity contribution is 0.198. The second-order valence-electron chi connectivity index (χ2n) is 7.67. The summed E-state index contributed by atoms with van der Waals surface area (Å²) < 4.78 is 32.6. The number of anilines is 1. The van der Waals surface area contributed by atoms with Gasteiger partial charge in [-0.15, -0.1) is 11.8 Å². The Hall–Kier alpha value is -1.79. The van der Waals surface area contributed by atoms with Gasteiger partial charge in [-0.25, -0.2) is 4.39 Å². The van der Waals surface area contributed by atoms with Crippen molar-refractivity contribution in [1.29, 1.82) is 0 Å². The molecule has 1 unspecified atom stereocenters. The van der Waals surface area contributed by atoms with Crippen LogP contribution in [0.1, 0.15) is 13.3 Å². The van der Waals surface area contributed by atoms with E-state index in [1.165, 1.54) is 17.8 Å². The average molecular weight is 449 g/mol. The molecular formula is C22H26FN2O3PS. The summed E-state index contributed by atoms with van der Waals surface area (Å²) in [6, 6.07) is 11.1. The fourth-order valence-electron chi connectivity index (χ4n) is 3.78. The van der Waals surface area contributed by atoms with Gasteiger partial charge in [-0.3, -0.25) is 4.57 Å². The Bertz CT molecular complexity index is 1090. The predicted octanol–water partition coefficient (Wildman–Crippen LogP) is 5.54. The van der Waals surface area contributed by atoms with Gasteiger partial charge in [-0.05, 0) is 43.2 Å². The molecule has 0 bridgehead atoms. The molecule has 160 valence electrons. The van der Waals surface area contributed by atoms with Crippen LogP contribution in [0.2, 0.25) is 0 Å². The van der Waals surface area contributed by atoms with Gasteiger partial charge in [0.05, 0.1) is 18.2 Å². The minimum Gasteiger partial charge on any atom is -0.391 e. The Morgan fingerprint density at radius 2 is 2.10 bits per heavy atom. The number of halogens is 1. The molecule has 2 N–H and O–H groups in total. The van der Waals surface area contributed by atoms with Gasteiger partial charge in [0.1, 0.15) is 5.82 Å². The number of nitrogens with one attached hydrogen (secondary N) is 1. The SMILES string of the molecule is CCOP(C)(=O)CSc1c[nH]c2cc(F)c(-c3ccc(N4CC[C@H](O)C4)cc3)cc12. The third-order valence-corrected chi connectivity index (χ3v) is 9.14. The number of H-pyrrole nitrogens is 1. The van der Waals surface area contributed by atoms with E-state index in [9.17, 15) is 14.1 Å². The van der Waals surface area contributed by atoms with Crippen LogP contribution in [0.4, 0.5) is 10.1 Å². The van der Waals surface area contributed by atoms with Crippen LogP contribution in [0.5, 0.6) is 0 Å². The molecule has 2 heterocycles. The molecule has 1 saturated heterocycles. The van der Waals surface area contributed by atoms with Crippen LogP contribution in [-0.2, 0) is 9.09 Å². The van der Waals surface area contributed by atoms with E-state index in [1.807, 2.05) is 43.5 Å². The zero-order chi connectivity index (χ0) is 21.3. The van der Waals surface area contributed by atoms with Gasteiger partial charge >= 0.3 is 0 Å². The maximum absolute atomic E-state index is 14.8. The smallest absolute Gasteiger partial charge is 0.210 e. The van der Waals surface area contributed by atoms with Gasteiger partial charge in [-0.1, -0.05) is 12.1 Å². The summed E-state index contributed by atoms with van der Waals surface area (Å²) >= 11 is 1.46. The van der Waals surface area contributed by atoms with E-state index in [1.54, 1.807) is 6.66 Å². The highest BCUT2D eigenvalue weighted by atomic mass is 32.2. The topological polar surface area (TPSA) is 65.6 Å². The van der Waals surface area contributed by atoms with E-state index in [0.29, 0.717) is 29.7 Å². The van der Waals surface area contributed by atoms with E-state index < -0.39 is 7.37 Å². The molecule has 1 aromatic heterocycles. The van der Waals surface area contributed by atoms with Gasteiger partial charge in [0.2, 0.25) is 7.37 Å². The summed E-state index contributed by atoms with van der Waals surface area (Å²) in [5.41, 5.74) is 3.44. The molecule has 4 rings (SSSR count). The molecule has 30 heavy (non-hydrogen) atoms. The number of hydrogen-bond donors (Lipinski definition) is 2. The zero-order valence-electron chi connectivity index (χ0n) is 17.1. The zero-order valence-corrected chi connectivity index (χ0v) is 18.8. The number of nitrogens with zero attached hydrogens (tertiary/aromatic N) is 1. The van der Waals surface area contributed by atoms with Crippen LogP contribution in [0, 0.1) is 5.82 Å². The van der Waals surface area contributed by atoms with Gasteiger partial charge in [-0.2, -0.15) is 0 Å². The van der Waals surface area contributed by atoms with Crippen LogP contribution >= 0.6 is 19.1 Å². The maximum atomic E-state index is 14.8. The summed E-state index contributed by atoms with van der Waals surface area (Å²) in [5.74, 6) is -0.291. The van der Waals surface area contributed by atoms with Crippen molar-refractivity contribution in [1.82, 2.24) is 4.98 Å². The van der Waals surface area contributed by atoms with Crippen molar-refractivity contribution in [2.45, 2.75) is 24.3 Å². The number of thioether (sulfide) groups is 1. The molecule has 2 aromatic carbocycles. The molecule has 0 saturated carbocycles. The molecule has 0 amide bonds. The van der Waals surface area contributed by atoms with Crippen molar-refractivity contribution < 1.29 is 18.6 Å². The fourth-order valence-corrected chi connectivity index (χ4v) is 6.59. The van der Waals surface area contributed by atoms with Crippen molar-refractivity contribution in [3.05, 3.63) is 48.4 Å². The van der Waals surface area contributed by atoms with Gasteiger partial charge in [0.15, 0.2) is 0 Å². The van der Waals surface area contributed by atoms with Crippen LogP contribution in [-0.4, -0.2) is 48.0 Å². The van der Waals surface area contributed by atoms with Crippen LogP contribution in [0.3, 0.4) is 0 Å². The second kappa shape index (κ2) is 8.75. The first kappa shape index (κ1) is 21.4. The molecule has 5 nitrogen and oxygen atoms in total. The molecule has 0 radical (unpaired) electrons. The molecule has 1 fully saturated rings. The third kappa shape index (κ3) is 4.59. The van der Waals surface area contributed by atoms with Crippen molar-refractivity contribution in [3.8, 4) is 11.1 Å². The Balaban J connectivity index is 1.60. The number of rotatable bonds is 7. The first-order valence-electron chi connectivity index (χ1n) is 10.0. The number of aromatic amines is 1. The summed E-state index contributed by atoms with van der Waals surface area (Å²) in [6.07, 6.45) is 2.32. The molecular weight excluding hydrogens is 422 g/mol. The second-order valence-corrected chi connectivity index (χ2v) is 11.7. The lowest BCUT2D eigenvalue weighted by atomic mass is 10.0. The largest absolute Gasteiger partial charge is 0.391 e. The van der Waals surface area contributed by atoms with Crippen molar-refractivity contribution in [2.75, 3.05) is 36.8 Å². The highest BCUT2D eigenvalue weighted by Crippen LogP contribution is 2.48. The molecule has 0 aliphatic carbocycles. The van der Waals surface area contributed by atoms with Crippen LogP contribution in [0.25, 0.3) is 22.0 Å². The molecule has 0 spiro atoms. The highest BCUT2D eigenvalue weighted by molar-refractivity contribution is 8.05. The van der Waals surface area contributed by atoms with E-state index in [2.05, 4.69) is 9.88 Å². The quantitative estimate of drug-likeness (QED) is 0.367. The molecule has 1 aliphatic heterocycles. The highest BCUT2D eigenvalue weighted by Gasteiger charge is 2.21. The molecule has 2 atom stereocenters. The standard InChI is InChI=1S/C22H26FN2O3PS/c1-3-28-29(2,27)14-30-22-12-24-21-11-20(23)18(10-19(21)22)15-4-6-16(7-5-15)25-9-8-17(26)13-25/h4-7,10-12,17,24,26H,3,8-9,13-14H2,1-2H3/t17-,29?/m0/s1. The summed E-state index contributed by atoms with van der Waals surface area (Å²) in [5, 5.41) is 10.6. The van der Waals surface area contributed by atoms with Crippen molar-refractivity contribution >= 4 is 35.7 Å². The minimum atomic E-state index is -2.66.